The normalized spacial score (nSPS) is 16.8. The first kappa shape index (κ1) is 25.0. The summed E-state index contributed by atoms with van der Waals surface area (Å²) in [4.78, 5) is 26.0. The van der Waals surface area contributed by atoms with E-state index in [1.807, 2.05) is 0 Å². The fraction of sp³-hybridized carbons (Fsp3) is 0.391. The van der Waals surface area contributed by atoms with Crippen molar-refractivity contribution in [3.63, 3.8) is 0 Å². The maximum Gasteiger partial charge on any atom is 0.253 e. The minimum atomic E-state index is -3.79. The van der Waals surface area contributed by atoms with Crippen molar-refractivity contribution < 1.29 is 22.7 Å². The minimum absolute atomic E-state index is 0.0112. The highest BCUT2D eigenvalue weighted by Gasteiger charge is 2.32. The van der Waals surface area contributed by atoms with Crippen molar-refractivity contribution >= 4 is 44.8 Å². The third-order valence-electron chi connectivity index (χ3n) is 5.35. The monoisotopic (exact) mass is 493 g/mol. The lowest BCUT2D eigenvalue weighted by Crippen LogP contribution is -2.47. The van der Waals surface area contributed by atoms with Gasteiger partial charge in [-0.05, 0) is 55.7 Å². The van der Waals surface area contributed by atoms with Crippen LogP contribution in [-0.2, 0) is 19.6 Å². The van der Waals surface area contributed by atoms with Crippen molar-refractivity contribution in [2.45, 2.75) is 38.3 Å². The Balaban J connectivity index is 1.81. The summed E-state index contributed by atoms with van der Waals surface area (Å²) in [7, 11) is -3.79. The Morgan fingerprint density at radius 3 is 2.48 bits per heavy atom. The van der Waals surface area contributed by atoms with Gasteiger partial charge in [-0.25, -0.2) is 8.42 Å². The van der Waals surface area contributed by atoms with Gasteiger partial charge in [-0.15, -0.1) is 0 Å². The lowest BCUT2D eigenvalue weighted by Gasteiger charge is -2.30. The summed E-state index contributed by atoms with van der Waals surface area (Å²) < 4.78 is 31.8. The van der Waals surface area contributed by atoms with Gasteiger partial charge in [-0.2, -0.15) is 0 Å². The lowest BCUT2D eigenvalue weighted by atomic mass is 10.1. The molecule has 1 heterocycles. The van der Waals surface area contributed by atoms with Crippen molar-refractivity contribution in [1.82, 2.24) is 5.32 Å². The molecule has 2 unspecified atom stereocenters. The molecule has 178 valence electrons. The highest BCUT2D eigenvalue weighted by atomic mass is 35.5. The topological polar surface area (TPSA) is 105 Å². The zero-order valence-corrected chi connectivity index (χ0v) is 20.2. The van der Waals surface area contributed by atoms with E-state index < -0.39 is 22.0 Å². The van der Waals surface area contributed by atoms with Crippen molar-refractivity contribution in [2.75, 3.05) is 29.0 Å². The predicted octanol–water partition coefficient (Wildman–Crippen LogP) is 3.43. The predicted molar refractivity (Wildman–Crippen MR) is 129 cm³/mol. The van der Waals surface area contributed by atoms with Crippen LogP contribution >= 0.6 is 11.6 Å². The number of halogens is 1. The molecule has 1 saturated heterocycles. The number of carbonyl (C=O) groups is 2. The molecule has 1 aliphatic rings. The van der Waals surface area contributed by atoms with Crippen molar-refractivity contribution in [3.8, 4) is 0 Å². The second kappa shape index (κ2) is 11.0. The van der Waals surface area contributed by atoms with Crippen LogP contribution in [0, 0.1) is 0 Å². The number of nitrogens with zero attached hydrogens (tertiary/aromatic N) is 1. The molecular weight excluding hydrogens is 466 g/mol. The Morgan fingerprint density at radius 1 is 1.18 bits per heavy atom. The first-order valence-electron chi connectivity index (χ1n) is 10.8. The number of hydrogen-bond acceptors (Lipinski definition) is 5. The number of rotatable bonds is 9. The van der Waals surface area contributed by atoms with Crippen LogP contribution in [0.5, 0.6) is 0 Å². The summed E-state index contributed by atoms with van der Waals surface area (Å²) >= 11 is 5.94. The van der Waals surface area contributed by atoms with Gasteiger partial charge < -0.3 is 15.4 Å². The van der Waals surface area contributed by atoms with E-state index in [0.29, 0.717) is 29.5 Å². The zero-order valence-electron chi connectivity index (χ0n) is 18.6. The van der Waals surface area contributed by atoms with Crippen LogP contribution < -0.4 is 14.9 Å². The number of nitrogens with one attached hydrogen (secondary N) is 2. The summed E-state index contributed by atoms with van der Waals surface area (Å²) in [6.07, 6.45) is 3.11. The fourth-order valence-corrected chi connectivity index (χ4v) is 5.10. The molecule has 3 rings (SSSR count). The van der Waals surface area contributed by atoms with Gasteiger partial charge in [0.1, 0.15) is 6.04 Å². The fourth-order valence-electron chi connectivity index (χ4n) is 3.76. The molecular formula is C23H28ClN3O5S. The van der Waals surface area contributed by atoms with E-state index in [9.17, 15) is 18.0 Å². The number of hydrogen-bond donors (Lipinski definition) is 2. The van der Waals surface area contributed by atoms with Gasteiger partial charge in [-0.1, -0.05) is 30.7 Å². The second-order valence-corrected chi connectivity index (χ2v) is 10.1. The highest BCUT2D eigenvalue weighted by molar-refractivity contribution is 7.92. The molecule has 0 radical (unpaired) electrons. The molecule has 33 heavy (non-hydrogen) atoms. The molecule has 0 spiro atoms. The molecule has 2 amide bonds. The number of benzene rings is 2. The number of sulfonamides is 1. The molecule has 8 nitrogen and oxygen atoms in total. The SMILES string of the molecule is CCC(C(=O)Nc1ccccc1C(=O)NCC1CCCO1)N(c1ccc(Cl)cc1)S(C)(=O)=O. The van der Waals surface area contributed by atoms with Crippen molar-refractivity contribution in [3.05, 3.63) is 59.1 Å². The van der Waals surface area contributed by atoms with Gasteiger partial charge in [0.2, 0.25) is 15.9 Å². The van der Waals surface area contributed by atoms with E-state index in [1.54, 1.807) is 55.5 Å². The van der Waals surface area contributed by atoms with Crippen LogP contribution in [0.15, 0.2) is 48.5 Å². The summed E-state index contributed by atoms with van der Waals surface area (Å²) in [6.45, 7) is 2.80. The van der Waals surface area contributed by atoms with Crippen LogP contribution in [0.3, 0.4) is 0 Å². The number of para-hydroxylation sites is 1. The Bertz CT molecular complexity index is 1090. The van der Waals surface area contributed by atoms with Crippen LogP contribution in [0.2, 0.25) is 5.02 Å². The maximum absolute atomic E-state index is 13.2. The van der Waals surface area contributed by atoms with E-state index in [4.69, 9.17) is 16.3 Å². The molecule has 1 aliphatic heterocycles. The molecule has 10 heteroatoms. The van der Waals surface area contributed by atoms with Crippen molar-refractivity contribution in [2.24, 2.45) is 0 Å². The molecule has 2 aromatic carbocycles. The number of anilines is 2. The second-order valence-electron chi connectivity index (χ2n) is 7.84. The van der Waals surface area contributed by atoms with E-state index >= 15 is 0 Å². The zero-order chi connectivity index (χ0) is 24.0. The smallest absolute Gasteiger partial charge is 0.253 e. The van der Waals surface area contributed by atoms with Crippen LogP contribution in [0.25, 0.3) is 0 Å². The summed E-state index contributed by atoms with van der Waals surface area (Å²) in [5, 5.41) is 6.03. The quantitative estimate of drug-likeness (QED) is 0.556. The molecule has 0 saturated carbocycles. The third kappa shape index (κ3) is 6.46. The molecule has 2 aromatic rings. The average molecular weight is 494 g/mol. The van der Waals surface area contributed by atoms with Gasteiger partial charge in [0, 0.05) is 18.2 Å². The summed E-state index contributed by atoms with van der Waals surface area (Å²) in [5.74, 6) is -0.885. The Hall–Kier alpha value is -2.62. The molecule has 0 aromatic heterocycles. The molecule has 0 bridgehead atoms. The summed E-state index contributed by atoms with van der Waals surface area (Å²) in [6, 6.07) is 11.8. The van der Waals surface area contributed by atoms with E-state index in [1.165, 1.54) is 0 Å². The van der Waals surface area contributed by atoms with Gasteiger partial charge in [-0.3, -0.25) is 13.9 Å². The third-order valence-corrected chi connectivity index (χ3v) is 6.79. The van der Waals surface area contributed by atoms with E-state index in [2.05, 4.69) is 10.6 Å². The number of ether oxygens (including phenoxy) is 1. The van der Waals surface area contributed by atoms with Gasteiger partial charge in [0.05, 0.1) is 29.3 Å². The van der Waals surface area contributed by atoms with Gasteiger partial charge in [0.15, 0.2) is 0 Å². The first-order chi connectivity index (χ1) is 15.7. The van der Waals surface area contributed by atoms with E-state index in [-0.39, 0.29) is 24.0 Å². The van der Waals surface area contributed by atoms with Crippen molar-refractivity contribution in [1.29, 1.82) is 0 Å². The number of carbonyl (C=O) groups excluding carboxylic acids is 2. The minimum Gasteiger partial charge on any atom is -0.376 e. The largest absolute Gasteiger partial charge is 0.376 e. The van der Waals surface area contributed by atoms with E-state index in [0.717, 1.165) is 23.4 Å². The first-order valence-corrected chi connectivity index (χ1v) is 13.0. The highest BCUT2D eigenvalue weighted by Crippen LogP contribution is 2.25. The molecule has 2 atom stereocenters. The molecule has 1 fully saturated rings. The standard InChI is InChI=1S/C23H28ClN3O5S/c1-3-21(27(33(2,30)31)17-12-10-16(24)11-13-17)23(29)26-20-9-5-4-8-19(20)22(28)25-15-18-7-6-14-32-18/h4-5,8-13,18,21H,3,6-7,14-15H2,1-2H3,(H,25,28)(H,26,29). The number of amides is 2. The Morgan fingerprint density at radius 2 is 1.88 bits per heavy atom. The van der Waals surface area contributed by atoms with Crippen LogP contribution in [-0.4, -0.2) is 51.8 Å². The Labute approximate surface area is 199 Å². The van der Waals surface area contributed by atoms with Gasteiger partial charge >= 0.3 is 0 Å². The molecule has 2 N–H and O–H groups in total. The Kier molecular flexibility index (Phi) is 8.34. The van der Waals surface area contributed by atoms with Crippen LogP contribution in [0.1, 0.15) is 36.5 Å². The summed E-state index contributed by atoms with van der Waals surface area (Å²) in [5.41, 5.74) is 0.915. The average Bonchev–Trinajstić information content (AvgIpc) is 3.30. The van der Waals surface area contributed by atoms with Crippen LogP contribution in [0.4, 0.5) is 11.4 Å². The molecule has 0 aliphatic carbocycles. The maximum atomic E-state index is 13.2. The lowest BCUT2D eigenvalue weighted by molar-refractivity contribution is -0.117. The van der Waals surface area contributed by atoms with Gasteiger partial charge in [0.25, 0.3) is 5.91 Å².